The maximum atomic E-state index is 12.3. The van der Waals surface area contributed by atoms with Gasteiger partial charge in [0.15, 0.2) is 0 Å². The first-order valence-corrected chi connectivity index (χ1v) is 7.24. The van der Waals surface area contributed by atoms with E-state index in [-0.39, 0.29) is 17.9 Å². The van der Waals surface area contributed by atoms with Gasteiger partial charge in [0, 0.05) is 6.04 Å². The number of carbonyl (C=O) groups excluding carboxylic acids is 2. The third-order valence-electron chi connectivity index (χ3n) is 3.66. The smallest absolute Gasteiger partial charge is 0.261 e. The van der Waals surface area contributed by atoms with Gasteiger partial charge in [-0.15, -0.1) is 0 Å². The summed E-state index contributed by atoms with van der Waals surface area (Å²) in [5.41, 5.74) is 1.99. The second-order valence-corrected chi connectivity index (χ2v) is 5.70. The molecule has 4 heteroatoms. The highest BCUT2D eigenvalue weighted by molar-refractivity contribution is 6.21. The molecule has 2 amide bonds. The Bertz CT molecular complexity index is 747. The number of nitrogens with zero attached hydrogens (tertiary/aromatic N) is 1. The van der Waals surface area contributed by atoms with Gasteiger partial charge in [0.25, 0.3) is 11.8 Å². The van der Waals surface area contributed by atoms with E-state index in [4.69, 9.17) is 4.74 Å². The SMILES string of the molecule is Cc1ccc(Oc2ccc3c(c2)C(=O)N(C(C)C)C3=O)cc1. The van der Waals surface area contributed by atoms with Gasteiger partial charge < -0.3 is 4.74 Å². The lowest BCUT2D eigenvalue weighted by Gasteiger charge is -2.17. The largest absolute Gasteiger partial charge is 0.457 e. The van der Waals surface area contributed by atoms with Crippen LogP contribution >= 0.6 is 0 Å². The van der Waals surface area contributed by atoms with Crippen LogP contribution in [0.15, 0.2) is 42.5 Å². The minimum atomic E-state index is -0.260. The number of fused-ring (bicyclic) bond motifs is 1. The predicted molar refractivity (Wildman–Crippen MR) is 83.3 cm³/mol. The summed E-state index contributed by atoms with van der Waals surface area (Å²) >= 11 is 0. The molecule has 112 valence electrons. The molecule has 0 radical (unpaired) electrons. The number of hydrogen-bond acceptors (Lipinski definition) is 3. The zero-order chi connectivity index (χ0) is 15.9. The van der Waals surface area contributed by atoms with E-state index in [0.717, 1.165) is 5.56 Å². The Labute approximate surface area is 129 Å². The fraction of sp³-hybridized carbons (Fsp3) is 0.222. The number of amides is 2. The zero-order valence-corrected chi connectivity index (χ0v) is 12.8. The van der Waals surface area contributed by atoms with Gasteiger partial charge in [-0.2, -0.15) is 0 Å². The van der Waals surface area contributed by atoms with E-state index < -0.39 is 0 Å². The minimum Gasteiger partial charge on any atom is -0.457 e. The molecular formula is C18H17NO3. The quantitative estimate of drug-likeness (QED) is 0.809. The number of benzene rings is 2. The number of carbonyl (C=O) groups is 2. The topological polar surface area (TPSA) is 46.6 Å². The van der Waals surface area contributed by atoms with Crippen LogP contribution < -0.4 is 4.74 Å². The van der Waals surface area contributed by atoms with Crippen molar-refractivity contribution in [2.45, 2.75) is 26.8 Å². The monoisotopic (exact) mass is 295 g/mol. The predicted octanol–water partition coefficient (Wildman–Crippen LogP) is 3.79. The summed E-state index contributed by atoms with van der Waals surface area (Å²) in [6.45, 7) is 5.65. The fourth-order valence-corrected chi connectivity index (χ4v) is 2.51. The van der Waals surface area contributed by atoms with Crippen LogP contribution in [-0.4, -0.2) is 22.8 Å². The Morgan fingerprint density at radius 2 is 1.45 bits per heavy atom. The van der Waals surface area contributed by atoms with Crippen LogP contribution in [0.5, 0.6) is 11.5 Å². The molecule has 0 fully saturated rings. The molecule has 2 aromatic carbocycles. The molecule has 4 nitrogen and oxygen atoms in total. The first-order chi connectivity index (χ1) is 10.5. The molecule has 2 aromatic rings. The van der Waals surface area contributed by atoms with Crippen LogP contribution in [0, 0.1) is 6.92 Å². The summed E-state index contributed by atoms with van der Waals surface area (Å²) in [4.78, 5) is 25.8. The summed E-state index contributed by atoms with van der Waals surface area (Å²) < 4.78 is 5.76. The van der Waals surface area contributed by atoms with Gasteiger partial charge >= 0.3 is 0 Å². The molecule has 0 saturated carbocycles. The molecule has 1 heterocycles. The highest BCUT2D eigenvalue weighted by Crippen LogP contribution is 2.30. The molecule has 0 N–H and O–H groups in total. The van der Waals surface area contributed by atoms with Crippen molar-refractivity contribution in [1.82, 2.24) is 4.90 Å². The Morgan fingerprint density at radius 1 is 0.864 bits per heavy atom. The van der Waals surface area contributed by atoms with Crippen molar-refractivity contribution in [2.75, 3.05) is 0 Å². The van der Waals surface area contributed by atoms with Crippen LogP contribution in [0.25, 0.3) is 0 Å². The molecule has 1 aliphatic rings. The molecule has 0 bridgehead atoms. The van der Waals surface area contributed by atoms with E-state index >= 15 is 0 Å². The maximum absolute atomic E-state index is 12.3. The van der Waals surface area contributed by atoms with Crippen molar-refractivity contribution in [1.29, 1.82) is 0 Å². The summed E-state index contributed by atoms with van der Waals surface area (Å²) in [5.74, 6) is 0.749. The van der Waals surface area contributed by atoms with Gasteiger partial charge in [0.2, 0.25) is 0 Å². The van der Waals surface area contributed by atoms with Crippen molar-refractivity contribution in [3.05, 3.63) is 59.2 Å². The average molecular weight is 295 g/mol. The summed E-state index contributed by atoms with van der Waals surface area (Å²) in [6, 6.07) is 12.5. The van der Waals surface area contributed by atoms with E-state index in [1.165, 1.54) is 4.90 Å². The summed E-state index contributed by atoms with van der Waals surface area (Å²) in [5, 5.41) is 0. The Morgan fingerprint density at radius 3 is 2.09 bits per heavy atom. The Kier molecular flexibility index (Phi) is 3.45. The number of ether oxygens (including phenoxy) is 1. The Hall–Kier alpha value is -2.62. The molecule has 0 aliphatic carbocycles. The normalized spacial score (nSPS) is 13.7. The van der Waals surface area contributed by atoms with Crippen LogP contribution in [0.1, 0.15) is 40.1 Å². The average Bonchev–Trinajstić information content (AvgIpc) is 2.73. The molecule has 0 unspecified atom stereocenters. The molecule has 0 saturated heterocycles. The van der Waals surface area contributed by atoms with Gasteiger partial charge in [0.1, 0.15) is 11.5 Å². The lowest BCUT2D eigenvalue weighted by molar-refractivity contribution is 0.0609. The van der Waals surface area contributed by atoms with Crippen molar-refractivity contribution in [3.8, 4) is 11.5 Å². The van der Waals surface area contributed by atoms with Crippen LogP contribution in [0.4, 0.5) is 0 Å². The van der Waals surface area contributed by atoms with Gasteiger partial charge in [-0.3, -0.25) is 14.5 Å². The van der Waals surface area contributed by atoms with E-state index in [1.54, 1.807) is 18.2 Å². The van der Waals surface area contributed by atoms with Crippen molar-refractivity contribution < 1.29 is 14.3 Å². The third-order valence-corrected chi connectivity index (χ3v) is 3.66. The second kappa shape index (κ2) is 5.30. The molecule has 0 spiro atoms. The first-order valence-electron chi connectivity index (χ1n) is 7.24. The molecule has 0 aromatic heterocycles. The highest BCUT2D eigenvalue weighted by Gasteiger charge is 2.37. The lowest BCUT2D eigenvalue weighted by Crippen LogP contribution is -2.35. The van der Waals surface area contributed by atoms with E-state index in [0.29, 0.717) is 22.6 Å². The van der Waals surface area contributed by atoms with Gasteiger partial charge in [-0.25, -0.2) is 0 Å². The van der Waals surface area contributed by atoms with E-state index in [9.17, 15) is 9.59 Å². The first kappa shape index (κ1) is 14.3. The van der Waals surface area contributed by atoms with Crippen LogP contribution in [-0.2, 0) is 0 Å². The number of rotatable bonds is 3. The number of imide groups is 1. The summed E-state index contributed by atoms with van der Waals surface area (Å²) in [6.07, 6.45) is 0. The van der Waals surface area contributed by atoms with Crippen molar-refractivity contribution in [3.63, 3.8) is 0 Å². The van der Waals surface area contributed by atoms with Crippen LogP contribution in [0.2, 0.25) is 0 Å². The summed E-state index contributed by atoms with van der Waals surface area (Å²) in [7, 11) is 0. The maximum Gasteiger partial charge on any atom is 0.261 e. The van der Waals surface area contributed by atoms with Crippen molar-refractivity contribution in [2.24, 2.45) is 0 Å². The lowest BCUT2D eigenvalue weighted by atomic mass is 10.1. The van der Waals surface area contributed by atoms with Crippen LogP contribution in [0.3, 0.4) is 0 Å². The zero-order valence-electron chi connectivity index (χ0n) is 12.8. The Balaban J connectivity index is 1.91. The van der Waals surface area contributed by atoms with E-state index in [1.807, 2.05) is 45.0 Å². The molecule has 1 aliphatic heterocycles. The molecule has 3 rings (SSSR count). The molecule has 22 heavy (non-hydrogen) atoms. The minimum absolute atomic E-state index is 0.158. The highest BCUT2D eigenvalue weighted by atomic mass is 16.5. The van der Waals surface area contributed by atoms with Gasteiger partial charge in [-0.1, -0.05) is 17.7 Å². The molecular weight excluding hydrogens is 278 g/mol. The van der Waals surface area contributed by atoms with E-state index in [2.05, 4.69) is 0 Å². The molecule has 0 atom stereocenters. The van der Waals surface area contributed by atoms with Crippen molar-refractivity contribution >= 4 is 11.8 Å². The third kappa shape index (κ3) is 2.37. The second-order valence-electron chi connectivity index (χ2n) is 5.70. The number of aryl methyl sites for hydroxylation is 1. The standard InChI is InChI=1S/C18H17NO3/c1-11(2)19-17(20)15-9-8-14(10-16(15)18(19)21)22-13-6-4-12(3)5-7-13/h4-11H,1-3H3. The fourth-order valence-electron chi connectivity index (χ4n) is 2.51. The van der Waals surface area contributed by atoms with Gasteiger partial charge in [-0.05, 0) is 51.1 Å². The number of hydrogen-bond donors (Lipinski definition) is 0. The van der Waals surface area contributed by atoms with Gasteiger partial charge in [0.05, 0.1) is 11.1 Å².